The SMILES string of the molecule is CC(=O)O[C@@]12CO[C@@H]1C[C@@H](F)[C@@]1(C)C(=O)[C@H](O)/C(=C(\C)[C@@H](O)CCO)C(C)(C)C[C@@H](OC(=O)c3ccccc3)[C@H]21. The predicted octanol–water partition coefficient (Wildman–Crippen LogP) is 2.70. The van der Waals surface area contributed by atoms with Crippen molar-refractivity contribution in [1.82, 2.24) is 0 Å². The van der Waals surface area contributed by atoms with Crippen LogP contribution in [0.4, 0.5) is 4.39 Å². The van der Waals surface area contributed by atoms with Crippen LogP contribution in [0.1, 0.15) is 64.2 Å². The summed E-state index contributed by atoms with van der Waals surface area (Å²) >= 11 is 0. The van der Waals surface area contributed by atoms with Crippen LogP contribution in [0, 0.1) is 16.7 Å². The second-order valence-electron chi connectivity index (χ2n) is 12.1. The summed E-state index contributed by atoms with van der Waals surface area (Å²) in [5, 5.41) is 31.7. The van der Waals surface area contributed by atoms with Gasteiger partial charge in [0.2, 0.25) is 0 Å². The van der Waals surface area contributed by atoms with Crippen LogP contribution in [0.3, 0.4) is 0 Å². The maximum Gasteiger partial charge on any atom is 0.338 e. The monoisotopic (exact) mass is 562 g/mol. The van der Waals surface area contributed by atoms with E-state index >= 15 is 4.39 Å². The summed E-state index contributed by atoms with van der Waals surface area (Å²) in [6.07, 6.45) is -7.07. The average molecular weight is 563 g/mol. The summed E-state index contributed by atoms with van der Waals surface area (Å²) in [5.74, 6) is -3.39. The lowest BCUT2D eigenvalue weighted by Crippen LogP contribution is -2.77. The molecule has 10 heteroatoms. The lowest BCUT2D eigenvalue weighted by molar-refractivity contribution is -0.326. The molecule has 220 valence electrons. The first kappa shape index (κ1) is 30.3. The molecule has 3 N–H and O–H groups in total. The number of rotatable bonds is 6. The third-order valence-electron chi connectivity index (χ3n) is 9.09. The molecule has 0 aromatic heterocycles. The van der Waals surface area contributed by atoms with E-state index in [-0.39, 0.29) is 49.2 Å². The summed E-state index contributed by atoms with van der Waals surface area (Å²) < 4.78 is 33.8. The van der Waals surface area contributed by atoms with Crippen molar-refractivity contribution in [2.45, 2.75) is 90.1 Å². The van der Waals surface area contributed by atoms with E-state index in [1.165, 1.54) is 13.8 Å². The first-order chi connectivity index (χ1) is 18.7. The molecule has 1 aromatic carbocycles. The topological polar surface area (TPSA) is 140 Å². The fraction of sp³-hybridized carbons (Fsp3) is 0.633. The highest BCUT2D eigenvalue weighted by Crippen LogP contribution is 2.60. The molecule has 4 rings (SSSR count). The molecular weight excluding hydrogens is 523 g/mol. The van der Waals surface area contributed by atoms with E-state index in [0.717, 1.165) is 0 Å². The maximum absolute atomic E-state index is 16.2. The maximum atomic E-state index is 16.2. The number of halogens is 1. The lowest BCUT2D eigenvalue weighted by atomic mass is 9.49. The van der Waals surface area contributed by atoms with Crippen LogP contribution < -0.4 is 0 Å². The van der Waals surface area contributed by atoms with Gasteiger partial charge >= 0.3 is 11.9 Å². The van der Waals surface area contributed by atoms with Crippen LogP contribution in [-0.2, 0) is 23.8 Å². The number of alkyl halides is 1. The Labute approximate surface area is 233 Å². The van der Waals surface area contributed by atoms with Crippen molar-refractivity contribution in [2.24, 2.45) is 16.7 Å². The first-order valence-corrected chi connectivity index (χ1v) is 13.6. The van der Waals surface area contributed by atoms with Crippen molar-refractivity contribution in [3.8, 4) is 0 Å². The highest BCUT2D eigenvalue weighted by molar-refractivity contribution is 5.93. The van der Waals surface area contributed by atoms with Crippen molar-refractivity contribution in [1.29, 1.82) is 0 Å². The van der Waals surface area contributed by atoms with Gasteiger partial charge in [-0.25, -0.2) is 9.18 Å². The highest BCUT2D eigenvalue weighted by atomic mass is 19.1. The minimum atomic E-state index is -1.94. The average Bonchev–Trinajstić information content (AvgIpc) is 2.88. The van der Waals surface area contributed by atoms with Gasteiger partial charge in [0.15, 0.2) is 11.4 Å². The number of fused-ring (bicyclic) bond motifs is 3. The molecule has 2 saturated carbocycles. The number of hydrogen-bond donors (Lipinski definition) is 3. The summed E-state index contributed by atoms with van der Waals surface area (Å²) in [6.45, 7) is 7.18. The molecule has 1 heterocycles. The van der Waals surface area contributed by atoms with E-state index < -0.39 is 70.7 Å². The van der Waals surface area contributed by atoms with E-state index in [4.69, 9.17) is 14.2 Å². The van der Waals surface area contributed by atoms with Gasteiger partial charge in [-0.2, -0.15) is 0 Å². The Morgan fingerprint density at radius 3 is 2.38 bits per heavy atom. The van der Waals surface area contributed by atoms with Gasteiger partial charge in [-0.1, -0.05) is 32.0 Å². The van der Waals surface area contributed by atoms with Crippen molar-refractivity contribution in [3.63, 3.8) is 0 Å². The van der Waals surface area contributed by atoms with E-state index in [1.54, 1.807) is 51.1 Å². The second-order valence-corrected chi connectivity index (χ2v) is 12.1. The number of carbonyl (C=O) groups is 3. The van der Waals surface area contributed by atoms with Crippen molar-refractivity contribution in [3.05, 3.63) is 47.0 Å². The molecule has 1 aromatic rings. The molecule has 1 saturated heterocycles. The van der Waals surface area contributed by atoms with Crippen LogP contribution in [0.15, 0.2) is 41.5 Å². The Morgan fingerprint density at radius 2 is 1.82 bits per heavy atom. The number of hydrogen-bond acceptors (Lipinski definition) is 9. The molecule has 0 spiro atoms. The molecule has 40 heavy (non-hydrogen) atoms. The normalized spacial score (nSPS) is 37.0. The van der Waals surface area contributed by atoms with Gasteiger partial charge in [0.25, 0.3) is 0 Å². The molecule has 3 fully saturated rings. The number of aliphatic hydroxyl groups is 3. The molecular formula is C30H39FO9. The van der Waals surface area contributed by atoms with Crippen LogP contribution in [0.5, 0.6) is 0 Å². The lowest BCUT2D eigenvalue weighted by Gasteiger charge is -2.63. The standard InChI is InChI=1S/C30H39FO9/c1-16(19(34)11-12-32)23-24(35)26(36)29(5)21(31)13-22-30(15-38-22,40-17(2)33)25(29)20(14-28(23,3)4)39-27(37)18-9-7-6-8-10-18/h6-10,19-22,24-25,32,34-35H,11-15H2,1-5H3/b23-16-/t19-,20+,21+,22+,24+,25-,29+,30-/m0/s1. The van der Waals surface area contributed by atoms with E-state index in [2.05, 4.69) is 0 Å². The quantitative estimate of drug-likeness (QED) is 0.353. The van der Waals surface area contributed by atoms with Gasteiger partial charge in [0, 0.05) is 26.4 Å². The molecule has 3 aliphatic rings. The van der Waals surface area contributed by atoms with Crippen LogP contribution >= 0.6 is 0 Å². The number of carbonyl (C=O) groups excluding carboxylic acids is 3. The molecule has 0 radical (unpaired) electrons. The van der Waals surface area contributed by atoms with Crippen LogP contribution in [-0.4, -0.2) is 82.4 Å². The van der Waals surface area contributed by atoms with Crippen molar-refractivity contribution in [2.75, 3.05) is 13.2 Å². The molecule has 0 unspecified atom stereocenters. The van der Waals surface area contributed by atoms with Gasteiger partial charge in [0.1, 0.15) is 24.5 Å². The van der Waals surface area contributed by atoms with Crippen LogP contribution in [0.25, 0.3) is 0 Å². The van der Waals surface area contributed by atoms with Gasteiger partial charge in [0.05, 0.1) is 29.6 Å². The zero-order chi connectivity index (χ0) is 29.6. The molecule has 8 atom stereocenters. The smallest absolute Gasteiger partial charge is 0.338 e. The van der Waals surface area contributed by atoms with Gasteiger partial charge in [-0.3, -0.25) is 9.59 Å². The summed E-state index contributed by atoms with van der Waals surface area (Å²) in [4.78, 5) is 40.0. The van der Waals surface area contributed by atoms with Crippen molar-refractivity contribution < 1.29 is 48.3 Å². The number of ketones is 1. The Bertz CT molecular complexity index is 1180. The van der Waals surface area contributed by atoms with Gasteiger partial charge in [-0.05, 0) is 49.0 Å². The van der Waals surface area contributed by atoms with Gasteiger partial charge < -0.3 is 29.5 Å². The van der Waals surface area contributed by atoms with E-state index in [1.807, 2.05) is 0 Å². The van der Waals surface area contributed by atoms with Gasteiger partial charge in [-0.15, -0.1) is 0 Å². The number of esters is 2. The fourth-order valence-electron chi connectivity index (χ4n) is 7.18. The zero-order valence-corrected chi connectivity index (χ0v) is 23.6. The Morgan fingerprint density at radius 1 is 1.18 bits per heavy atom. The first-order valence-electron chi connectivity index (χ1n) is 13.6. The number of aliphatic hydroxyl groups excluding tert-OH is 3. The second kappa shape index (κ2) is 11.0. The minimum Gasteiger partial charge on any atom is -0.458 e. The predicted molar refractivity (Wildman–Crippen MR) is 141 cm³/mol. The van der Waals surface area contributed by atoms with E-state index in [9.17, 15) is 29.7 Å². The number of benzene rings is 1. The fourth-order valence-corrected chi connectivity index (χ4v) is 7.18. The summed E-state index contributed by atoms with van der Waals surface area (Å²) in [7, 11) is 0. The molecule has 1 aliphatic heterocycles. The summed E-state index contributed by atoms with van der Waals surface area (Å²) in [6, 6.07) is 8.22. The van der Waals surface area contributed by atoms with Crippen LogP contribution in [0.2, 0.25) is 0 Å². The zero-order valence-electron chi connectivity index (χ0n) is 23.6. The minimum absolute atomic E-state index is 0.0111. The van der Waals surface area contributed by atoms with Crippen molar-refractivity contribution >= 4 is 17.7 Å². The highest BCUT2D eigenvalue weighted by Gasteiger charge is 2.74. The molecule has 9 nitrogen and oxygen atoms in total. The largest absolute Gasteiger partial charge is 0.458 e. The Balaban J connectivity index is 1.93. The third-order valence-corrected chi connectivity index (χ3v) is 9.09. The summed E-state index contributed by atoms with van der Waals surface area (Å²) in [5.41, 5.74) is -3.75. The Hall–Kier alpha value is -2.66. The number of Topliss-reactive ketones (excluding diaryl/α,β-unsaturated/α-hetero) is 1. The molecule has 2 aliphatic carbocycles. The number of ether oxygens (including phenoxy) is 3. The van der Waals surface area contributed by atoms with E-state index in [0.29, 0.717) is 0 Å². The Kier molecular flexibility index (Phi) is 8.31. The molecule has 0 amide bonds. The molecule has 0 bridgehead atoms. The third kappa shape index (κ3) is 4.89.